The first kappa shape index (κ1) is 67.8. The number of allylic oxidation sites excluding steroid dienone is 28. The van der Waals surface area contributed by atoms with Gasteiger partial charge in [-0.3, -0.25) is 14.4 Å². The number of esters is 3. The molecule has 0 fully saturated rings. The lowest BCUT2D eigenvalue weighted by atomic mass is 10.1. The van der Waals surface area contributed by atoms with Crippen LogP contribution in [0.2, 0.25) is 0 Å². The van der Waals surface area contributed by atoms with Gasteiger partial charge in [-0.15, -0.1) is 0 Å². The van der Waals surface area contributed by atoms with Crippen molar-refractivity contribution in [3.05, 3.63) is 170 Å². The maximum atomic E-state index is 12.8. The van der Waals surface area contributed by atoms with Crippen LogP contribution in [0.4, 0.5) is 0 Å². The molecule has 0 aliphatic carbocycles. The van der Waals surface area contributed by atoms with Crippen LogP contribution < -0.4 is 0 Å². The fourth-order valence-electron chi connectivity index (χ4n) is 7.02. The molecule has 0 aliphatic rings. The predicted molar refractivity (Wildman–Crippen MR) is 315 cm³/mol. The third-order valence-electron chi connectivity index (χ3n) is 11.2. The molecular weight excluding hydrogens is 901 g/mol. The molecule has 6 nitrogen and oxygen atoms in total. The Balaban J connectivity index is 4.60. The van der Waals surface area contributed by atoms with Crippen molar-refractivity contribution in [2.75, 3.05) is 13.2 Å². The molecule has 73 heavy (non-hydrogen) atoms. The lowest BCUT2D eigenvalue weighted by molar-refractivity contribution is -0.167. The minimum atomic E-state index is -0.840. The fraction of sp³-hybridized carbons (Fsp3) is 0.537. The number of hydrogen-bond donors (Lipinski definition) is 0. The molecule has 0 amide bonds. The number of hydrogen-bond acceptors (Lipinski definition) is 6. The van der Waals surface area contributed by atoms with Crippen LogP contribution >= 0.6 is 0 Å². The quantitative estimate of drug-likeness (QED) is 0.0261. The lowest BCUT2D eigenvalue weighted by Gasteiger charge is -2.18. The maximum absolute atomic E-state index is 12.8. The van der Waals surface area contributed by atoms with Gasteiger partial charge in [-0.2, -0.15) is 0 Å². The van der Waals surface area contributed by atoms with Gasteiger partial charge in [-0.1, -0.05) is 223 Å². The van der Waals surface area contributed by atoms with E-state index >= 15 is 0 Å². The third-order valence-corrected chi connectivity index (χ3v) is 11.2. The van der Waals surface area contributed by atoms with Crippen LogP contribution in [0.25, 0.3) is 0 Å². The first-order valence-corrected chi connectivity index (χ1v) is 28.6. The van der Waals surface area contributed by atoms with Gasteiger partial charge in [0, 0.05) is 19.3 Å². The number of rotatable bonds is 49. The van der Waals surface area contributed by atoms with Gasteiger partial charge < -0.3 is 14.2 Å². The Morgan fingerprint density at radius 3 is 0.836 bits per heavy atom. The molecule has 1 unspecified atom stereocenters. The van der Waals surface area contributed by atoms with Crippen LogP contribution in [0, 0.1) is 0 Å². The SMILES string of the molecule is CC/C=C\C/C=C\C/C=C\C/C=C\C/C=C\C/C=C\CCCCC(=O)OCC(COC(=O)CCCCCCCCC/C=C\C/C=C\C/C=C\CC)OC(=O)CCC/C=C\C/C=C\C/C=C\C/C=C\C/C=C\CC. The molecule has 0 saturated carbocycles. The summed E-state index contributed by atoms with van der Waals surface area (Å²) in [6.07, 6.45) is 87.8. The Kier molecular flexibility index (Phi) is 55.1. The molecule has 0 aromatic rings. The van der Waals surface area contributed by atoms with Crippen LogP contribution in [0.1, 0.15) is 213 Å². The second-order valence-corrected chi connectivity index (χ2v) is 18.0. The number of carbonyl (C=O) groups is 3. The Hall–Kier alpha value is -5.23. The largest absolute Gasteiger partial charge is 0.462 e. The van der Waals surface area contributed by atoms with Crippen molar-refractivity contribution in [3.8, 4) is 0 Å². The van der Waals surface area contributed by atoms with Gasteiger partial charge >= 0.3 is 17.9 Å². The number of unbranched alkanes of at least 4 members (excludes halogenated alkanes) is 10. The van der Waals surface area contributed by atoms with Gasteiger partial charge in [0.25, 0.3) is 0 Å². The monoisotopic (exact) mass is 1000 g/mol. The summed E-state index contributed by atoms with van der Waals surface area (Å²) in [6.45, 7) is 6.19. The molecule has 0 aliphatic heterocycles. The second-order valence-electron chi connectivity index (χ2n) is 18.0. The Morgan fingerprint density at radius 1 is 0.274 bits per heavy atom. The zero-order valence-electron chi connectivity index (χ0n) is 46.3. The van der Waals surface area contributed by atoms with Crippen molar-refractivity contribution in [2.24, 2.45) is 0 Å². The zero-order valence-corrected chi connectivity index (χ0v) is 46.3. The Labute approximate surface area is 447 Å². The minimum Gasteiger partial charge on any atom is -0.462 e. The van der Waals surface area contributed by atoms with E-state index in [9.17, 15) is 14.4 Å². The molecule has 0 spiro atoms. The number of carbonyl (C=O) groups excluding carboxylic acids is 3. The summed E-state index contributed by atoms with van der Waals surface area (Å²) in [5.74, 6) is -1.05. The van der Waals surface area contributed by atoms with E-state index in [2.05, 4.69) is 191 Å². The molecule has 1 atom stereocenters. The van der Waals surface area contributed by atoms with Gasteiger partial charge in [0.05, 0.1) is 0 Å². The molecule has 0 radical (unpaired) electrons. The van der Waals surface area contributed by atoms with Crippen LogP contribution in [0.15, 0.2) is 170 Å². The molecule has 0 heterocycles. The van der Waals surface area contributed by atoms with Gasteiger partial charge in [0.2, 0.25) is 0 Å². The first-order valence-electron chi connectivity index (χ1n) is 28.6. The van der Waals surface area contributed by atoms with Crippen molar-refractivity contribution in [3.63, 3.8) is 0 Å². The van der Waals surface area contributed by atoms with Crippen molar-refractivity contribution >= 4 is 17.9 Å². The highest BCUT2D eigenvalue weighted by molar-refractivity contribution is 5.71. The Morgan fingerprint density at radius 2 is 0.507 bits per heavy atom. The summed E-state index contributed by atoms with van der Waals surface area (Å²) >= 11 is 0. The van der Waals surface area contributed by atoms with Crippen molar-refractivity contribution in [1.82, 2.24) is 0 Å². The molecule has 0 rings (SSSR count). The van der Waals surface area contributed by atoms with Crippen molar-refractivity contribution < 1.29 is 28.6 Å². The zero-order chi connectivity index (χ0) is 52.9. The Bertz CT molecular complexity index is 1720. The maximum Gasteiger partial charge on any atom is 0.306 e. The number of ether oxygens (including phenoxy) is 3. The van der Waals surface area contributed by atoms with Crippen LogP contribution in [-0.2, 0) is 28.6 Å². The lowest BCUT2D eigenvalue weighted by Crippen LogP contribution is -2.30. The molecule has 0 bridgehead atoms. The molecule has 0 saturated heterocycles. The van der Waals surface area contributed by atoms with E-state index in [4.69, 9.17) is 14.2 Å². The van der Waals surface area contributed by atoms with Crippen LogP contribution in [0.5, 0.6) is 0 Å². The van der Waals surface area contributed by atoms with Crippen LogP contribution in [-0.4, -0.2) is 37.2 Å². The van der Waals surface area contributed by atoms with E-state index in [0.717, 1.165) is 135 Å². The van der Waals surface area contributed by atoms with Gasteiger partial charge in [0.15, 0.2) is 6.10 Å². The average molecular weight is 1000 g/mol. The van der Waals surface area contributed by atoms with E-state index in [1.807, 2.05) is 0 Å². The van der Waals surface area contributed by atoms with Gasteiger partial charge in [-0.25, -0.2) is 0 Å². The molecule has 6 heteroatoms. The van der Waals surface area contributed by atoms with Gasteiger partial charge in [0.1, 0.15) is 13.2 Å². The third kappa shape index (κ3) is 57.5. The topological polar surface area (TPSA) is 78.9 Å². The summed E-state index contributed by atoms with van der Waals surface area (Å²) in [7, 11) is 0. The summed E-state index contributed by atoms with van der Waals surface area (Å²) in [6, 6.07) is 0. The highest BCUT2D eigenvalue weighted by Crippen LogP contribution is 2.12. The first-order chi connectivity index (χ1) is 36.0. The molecule has 406 valence electrons. The molecule has 0 aromatic carbocycles. The normalized spacial score (nSPS) is 13.4. The smallest absolute Gasteiger partial charge is 0.306 e. The highest BCUT2D eigenvalue weighted by atomic mass is 16.6. The van der Waals surface area contributed by atoms with E-state index in [0.29, 0.717) is 19.3 Å². The summed E-state index contributed by atoms with van der Waals surface area (Å²) < 4.78 is 16.8. The van der Waals surface area contributed by atoms with E-state index in [-0.39, 0.29) is 44.0 Å². The van der Waals surface area contributed by atoms with Crippen molar-refractivity contribution in [2.45, 2.75) is 219 Å². The summed E-state index contributed by atoms with van der Waals surface area (Å²) in [5.41, 5.74) is 0. The molecular formula is C67H102O6. The average Bonchev–Trinajstić information content (AvgIpc) is 3.39. The van der Waals surface area contributed by atoms with Crippen LogP contribution in [0.3, 0.4) is 0 Å². The highest BCUT2D eigenvalue weighted by Gasteiger charge is 2.19. The standard InChI is InChI=1S/C67H102O6/c1-4-7-10-13-16-19-22-25-28-31-32-33-34-37-39-42-45-48-51-54-57-60-66(69)72-63-64(73-67(70)61-58-55-52-49-46-43-40-36-30-27-24-21-18-15-12-9-6-3)62-71-65(68)59-56-53-50-47-44-41-38-35-29-26-23-20-17-14-11-8-5-2/h7-12,16-21,25-30,32-33,37,39-40,43,45,48-49,52,64H,4-6,13-15,22-24,31,34-36,38,41-42,44,46-47,50-51,53-63H2,1-3H3/b10-7-,11-8-,12-9-,19-16-,20-17-,21-18-,28-25-,29-26-,30-27-,33-32-,39-37-,43-40-,48-45-,52-49-. The summed E-state index contributed by atoms with van der Waals surface area (Å²) in [4.78, 5) is 38.2. The minimum absolute atomic E-state index is 0.129. The fourth-order valence-corrected chi connectivity index (χ4v) is 7.02. The second kappa shape index (κ2) is 59.3. The van der Waals surface area contributed by atoms with E-state index < -0.39 is 6.10 Å². The van der Waals surface area contributed by atoms with Crippen molar-refractivity contribution in [1.29, 1.82) is 0 Å². The van der Waals surface area contributed by atoms with Gasteiger partial charge in [-0.05, 0) is 141 Å². The predicted octanol–water partition coefficient (Wildman–Crippen LogP) is 19.5. The molecule has 0 N–H and O–H groups in total. The van der Waals surface area contributed by atoms with E-state index in [1.54, 1.807) is 0 Å². The summed E-state index contributed by atoms with van der Waals surface area (Å²) in [5, 5.41) is 0. The van der Waals surface area contributed by atoms with E-state index in [1.165, 1.54) is 25.7 Å². The molecule has 0 aromatic heterocycles.